The number of halogens is 2. The van der Waals surface area contributed by atoms with Gasteiger partial charge in [0, 0.05) is 14.6 Å². The van der Waals surface area contributed by atoms with Gasteiger partial charge in [0.05, 0.1) is 10.6 Å². The molecule has 3 rings (SSSR count). The van der Waals surface area contributed by atoms with Crippen LogP contribution in [-0.4, -0.2) is 20.9 Å². The number of nitrogens with zero attached hydrogens (tertiary/aromatic N) is 1. The number of benzene rings is 3. The van der Waals surface area contributed by atoms with E-state index in [1.165, 1.54) is 0 Å². The Hall–Kier alpha value is -2.16. The second-order valence-electron chi connectivity index (χ2n) is 6.82. The molecule has 1 amide bonds. The molecule has 0 aliphatic heterocycles. The summed E-state index contributed by atoms with van der Waals surface area (Å²) in [6.07, 6.45) is 0. The van der Waals surface area contributed by atoms with Crippen LogP contribution in [0.4, 0.5) is 11.4 Å². The molecule has 0 heterocycles. The SMILES string of the molecule is Cc1ccc(S(=O)(=O)N(CC(=O)Nc2ccc(Br)c(C)c2)c2cccc(Br)c2)cc1. The van der Waals surface area contributed by atoms with E-state index >= 15 is 0 Å². The van der Waals surface area contributed by atoms with Crippen LogP contribution in [0, 0.1) is 13.8 Å². The van der Waals surface area contributed by atoms with Crippen molar-refractivity contribution < 1.29 is 13.2 Å². The lowest BCUT2D eigenvalue weighted by Crippen LogP contribution is -2.38. The van der Waals surface area contributed by atoms with Gasteiger partial charge in [-0.1, -0.05) is 55.6 Å². The highest BCUT2D eigenvalue weighted by Gasteiger charge is 2.27. The fourth-order valence-corrected chi connectivity index (χ4v) is 4.88. The molecule has 0 radical (unpaired) electrons. The Morgan fingerprint density at radius 3 is 2.30 bits per heavy atom. The van der Waals surface area contributed by atoms with Gasteiger partial charge in [0.25, 0.3) is 10.0 Å². The quantitative estimate of drug-likeness (QED) is 0.429. The molecule has 3 aromatic carbocycles. The van der Waals surface area contributed by atoms with Crippen LogP contribution in [-0.2, 0) is 14.8 Å². The number of anilines is 2. The Balaban J connectivity index is 1.94. The zero-order valence-electron chi connectivity index (χ0n) is 16.4. The van der Waals surface area contributed by atoms with E-state index in [0.717, 1.165) is 19.9 Å². The van der Waals surface area contributed by atoms with Crippen LogP contribution in [0.1, 0.15) is 11.1 Å². The molecule has 0 atom stereocenters. The first-order valence-electron chi connectivity index (χ1n) is 9.08. The van der Waals surface area contributed by atoms with Crippen LogP contribution >= 0.6 is 31.9 Å². The lowest BCUT2D eigenvalue weighted by molar-refractivity contribution is -0.114. The second kappa shape index (κ2) is 9.32. The minimum Gasteiger partial charge on any atom is -0.325 e. The fourth-order valence-electron chi connectivity index (χ4n) is 2.84. The molecule has 30 heavy (non-hydrogen) atoms. The molecule has 0 aliphatic carbocycles. The van der Waals surface area contributed by atoms with Gasteiger partial charge in [0.1, 0.15) is 6.54 Å². The fraction of sp³-hybridized carbons (Fsp3) is 0.136. The van der Waals surface area contributed by atoms with E-state index in [4.69, 9.17) is 0 Å². The summed E-state index contributed by atoms with van der Waals surface area (Å²) in [5, 5.41) is 2.78. The molecule has 8 heteroatoms. The molecule has 0 aromatic heterocycles. The minimum atomic E-state index is -3.95. The third-order valence-corrected chi connectivity index (χ3v) is 7.61. The van der Waals surface area contributed by atoms with Crippen LogP contribution in [0.2, 0.25) is 0 Å². The van der Waals surface area contributed by atoms with Crippen LogP contribution in [0.3, 0.4) is 0 Å². The normalized spacial score (nSPS) is 11.2. The van der Waals surface area contributed by atoms with Gasteiger partial charge in [-0.05, 0) is 67.9 Å². The Labute approximate surface area is 193 Å². The van der Waals surface area contributed by atoms with Gasteiger partial charge in [-0.3, -0.25) is 9.10 Å². The number of carbonyl (C=O) groups is 1. The van der Waals surface area contributed by atoms with E-state index in [0.29, 0.717) is 15.8 Å². The van der Waals surface area contributed by atoms with Crippen molar-refractivity contribution >= 4 is 59.2 Å². The summed E-state index contributed by atoms with van der Waals surface area (Å²) in [7, 11) is -3.95. The Kier molecular flexibility index (Phi) is 7.00. The van der Waals surface area contributed by atoms with Gasteiger partial charge in [0.15, 0.2) is 0 Å². The van der Waals surface area contributed by atoms with E-state index < -0.39 is 15.9 Å². The van der Waals surface area contributed by atoms with E-state index in [2.05, 4.69) is 37.2 Å². The molecular weight excluding hydrogens is 532 g/mol. The van der Waals surface area contributed by atoms with E-state index in [-0.39, 0.29) is 11.4 Å². The van der Waals surface area contributed by atoms with Crippen molar-refractivity contribution in [3.63, 3.8) is 0 Å². The molecule has 0 saturated carbocycles. The second-order valence-corrected chi connectivity index (χ2v) is 10.4. The summed E-state index contributed by atoms with van der Waals surface area (Å²) in [4.78, 5) is 12.9. The number of hydrogen-bond donors (Lipinski definition) is 1. The number of rotatable bonds is 6. The Bertz CT molecular complexity index is 1180. The maximum absolute atomic E-state index is 13.4. The Morgan fingerprint density at radius 1 is 0.967 bits per heavy atom. The summed E-state index contributed by atoms with van der Waals surface area (Å²) in [5.41, 5.74) is 2.91. The van der Waals surface area contributed by atoms with Crippen LogP contribution in [0.25, 0.3) is 0 Å². The highest BCUT2D eigenvalue weighted by Crippen LogP contribution is 2.27. The first-order chi connectivity index (χ1) is 14.2. The van der Waals surface area contributed by atoms with Crippen molar-refractivity contribution in [2.45, 2.75) is 18.7 Å². The summed E-state index contributed by atoms with van der Waals surface area (Å²) in [5.74, 6) is -0.438. The zero-order chi connectivity index (χ0) is 21.9. The van der Waals surface area contributed by atoms with E-state index in [9.17, 15) is 13.2 Å². The molecule has 0 aliphatic rings. The number of sulfonamides is 1. The predicted molar refractivity (Wildman–Crippen MR) is 127 cm³/mol. The highest BCUT2D eigenvalue weighted by molar-refractivity contribution is 9.10. The number of amides is 1. The topological polar surface area (TPSA) is 66.5 Å². The maximum Gasteiger partial charge on any atom is 0.264 e. The molecule has 0 saturated heterocycles. The third-order valence-electron chi connectivity index (χ3n) is 4.43. The largest absolute Gasteiger partial charge is 0.325 e. The average Bonchev–Trinajstić information content (AvgIpc) is 2.69. The predicted octanol–water partition coefficient (Wildman–Crippen LogP) is 5.66. The molecule has 0 fully saturated rings. The summed E-state index contributed by atoms with van der Waals surface area (Å²) in [6, 6.07) is 18.8. The molecule has 5 nitrogen and oxygen atoms in total. The number of aryl methyl sites for hydroxylation is 2. The number of carbonyl (C=O) groups excluding carboxylic acids is 1. The third kappa shape index (κ3) is 5.30. The van der Waals surface area contributed by atoms with Crippen molar-refractivity contribution in [2.75, 3.05) is 16.2 Å². The highest BCUT2D eigenvalue weighted by atomic mass is 79.9. The van der Waals surface area contributed by atoms with Crippen LogP contribution in [0.15, 0.2) is 80.6 Å². The zero-order valence-corrected chi connectivity index (χ0v) is 20.4. The van der Waals surface area contributed by atoms with Gasteiger partial charge in [-0.15, -0.1) is 0 Å². The lowest BCUT2D eigenvalue weighted by Gasteiger charge is -2.24. The van der Waals surface area contributed by atoms with E-state index in [1.54, 1.807) is 54.6 Å². The van der Waals surface area contributed by atoms with Gasteiger partial charge < -0.3 is 5.32 Å². The van der Waals surface area contributed by atoms with Gasteiger partial charge in [-0.2, -0.15) is 0 Å². The molecule has 1 N–H and O–H groups in total. The van der Waals surface area contributed by atoms with Crippen molar-refractivity contribution in [3.05, 3.63) is 86.8 Å². The first kappa shape index (κ1) is 22.5. The van der Waals surface area contributed by atoms with Crippen molar-refractivity contribution in [3.8, 4) is 0 Å². The van der Waals surface area contributed by atoms with Crippen molar-refractivity contribution in [1.82, 2.24) is 0 Å². The van der Waals surface area contributed by atoms with Crippen LogP contribution < -0.4 is 9.62 Å². The maximum atomic E-state index is 13.4. The van der Waals surface area contributed by atoms with Gasteiger partial charge >= 0.3 is 0 Å². The summed E-state index contributed by atoms with van der Waals surface area (Å²) in [6.45, 7) is 3.44. The smallest absolute Gasteiger partial charge is 0.264 e. The molecular formula is C22H20Br2N2O3S. The number of nitrogens with one attached hydrogen (secondary N) is 1. The van der Waals surface area contributed by atoms with Gasteiger partial charge in [0.2, 0.25) is 5.91 Å². The lowest BCUT2D eigenvalue weighted by atomic mass is 10.2. The molecule has 3 aromatic rings. The van der Waals surface area contributed by atoms with E-state index in [1.807, 2.05) is 26.0 Å². The minimum absolute atomic E-state index is 0.125. The molecule has 0 spiro atoms. The van der Waals surface area contributed by atoms with Crippen molar-refractivity contribution in [2.24, 2.45) is 0 Å². The van der Waals surface area contributed by atoms with Crippen molar-refractivity contribution in [1.29, 1.82) is 0 Å². The standard InChI is InChI=1S/C22H20Br2N2O3S/c1-15-6-9-20(10-7-15)30(28,29)26(19-5-3-4-17(23)13-19)14-22(27)25-18-8-11-21(24)16(2)12-18/h3-13H,14H2,1-2H3,(H,25,27). The average molecular weight is 552 g/mol. The molecule has 156 valence electrons. The first-order valence-corrected chi connectivity index (χ1v) is 12.1. The monoisotopic (exact) mass is 550 g/mol. The summed E-state index contributed by atoms with van der Waals surface area (Å²) >= 11 is 6.80. The number of hydrogen-bond acceptors (Lipinski definition) is 3. The van der Waals surface area contributed by atoms with Crippen LogP contribution in [0.5, 0.6) is 0 Å². The molecule has 0 unspecified atom stereocenters. The Morgan fingerprint density at radius 2 is 1.67 bits per heavy atom. The summed E-state index contributed by atoms with van der Waals surface area (Å²) < 4.78 is 29.5. The van der Waals surface area contributed by atoms with Gasteiger partial charge in [-0.25, -0.2) is 8.42 Å². The molecule has 0 bridgehead atoms.